The second kappa shape index (κ2) is 5.17. The standard InChI is InChI=1S/C10H14N4O6/c11-8(18)4-5(9(12)19)14(2-13-4)10-7(17)6(16)3(1-15)20-10/h2-3,6-7,10,15-17H,1H2,(H2,11,18)(H2,12,19)/t3-,6+,7-,10+/m0/s1. The zero-order chi connectivity index (χ0) is 15.0. The molecule has 0 radical (unpaired) electrons. The molecule has 1 aliphatic heterocycles. The van der Waals surface area contributed by atoms with Crippen molar-refractivity contribution in [3.05, 3.63) is 17.7 Å². The van der Waals surface area contributed by atoms with Crippen LogP contribution in [0.3, 0.4) is 0 Å². The molecular formula is C10H14N4O6. The van der Waals surface area contributed by atoms with E-state index in [1.807, 2.05) is 0 Å². The number of hydrogen-bond donors (Lipinski definition) is 5. The van der Waals surface area contributed by atoms with Crippen molar-refractivity contribution in [1.82, 2.24) is 9.55 Å². The van der Waals surface area contributed by atoms with Crippen molar-refractivity contribution >= 4 is 11.8 Å². The predicted octanol–water partition coefficient (Wildman–Crippen LogP) is -3.31. The average Bonchev–Trinajstić information content (AvgIpc) is 2.93. The van der Waals surface area contributed by atoms with Gasteiger partial charge in [0, 0.05) is 0 Å². The lowest BCUT2D eigenvalue weighted by Gasteiger charge is -2.17. The summed E-state index contributed by atoms with van der Waals surface area (Å²) in [5, 5.41) is 28.5. The molecule has 7 N–H and O–H groups in total. The lowest BCUT2D eigenvalue weighted by Crippen LogP contribution is -2.34. The first-order valence-electron chi connectivity index (χ1n) is 5.67. The van der Waals surface area contributed by atoms with Crippen molar-refractivity contribution in [3.8, 4) is 0 Å². The van der Waals surface area contributed by atoms with Crippen molar-refractivity contribution in [2.75, 3.05) is 6.61 Å². The fourth-order valence-corrected chi connectivity index (χ4v) is 2.09. The Bertz CT molecular complexity index is 544. The van der Waals surface area contributed by atoms with Gasteiger partial charge in [-0.15, -0.1) is 0 Å². The van der Waals surface area contributed by atoms with Gasteiger partial charge in [0.25, 0.3) is 11.8 Å². The Morgan fingerprint density at radius 2 is 1.95 bits per heavy atom. The second-order valence-corrected chi connectivity index (χ2v) is 4.31. The summed E-state index contributed by atoms with van der Waals surface area (Å²) in [6.45, 7) is -0.530. The number of amides is 2. The van der Waals surface area contributed by atoms with Gasteiger partial charge >= 0.3 is 0 Å². The van der Waals surface area contributed by atoms with Crippen molar-refractivity contribution in [1.29, 1.82) is 0 Å². The second-order valence-electron chi connectivity index (χ2n) is 4.31. The minimum atomic E-state index is -1.43. The number of imidazole rings is 1. The van der Waals surface area contributed by atoms with E-state index < -0.39 is 43.0 Å². The molecule has 2 heterocycles. The smallest absolute Gasteiger partial charge is 0.269 e. The fraction of sp³-hybridized carbons (Fsp3) is 0.500. The van der Waals surface area contributed by atoms with Crippen LogP contribution in [0.1, 0.15) is 27.2 Å². The Labute approximate surface area is 112 Å². The molecule has 1 aromatic heterocycles. The summed E-state index contributed by atoms with van der Waals surface area (Å²) in [6.07, 6.45) is -3.99. The van der Waals surface area contributed by atoms with Crippen molar-refractivity contribution in [2.45, 2.75) is 24.5 Å². The number of carbonyl (C=O) groups excluding carboxylic acids is 2. The first kappa shape index (κ1) is 14.4. The molecule has 0 aromatic carbocycles. The van der Waals surface area contributed by atoms with E-state index in [9.17, 15) is 19.8 Å². The van der Waals surface area contributed by atoms with Crippen LogP contribution in [0.15, 0.2) is 6.33 Å². The molecule has 10 nitrogen and oxygen atoms in total. The van der Waals surface area contributed by atoms with Gasteiger partial charge < -0.3 is 31.5 Å². The summed E-state index contributed by atoms with van der Waals surface area (Å²) >= 11 is 0. The summed E-state index contributed by atoms with van der Waals surface area (Å²) in [4.78, 5) is 26.2. The van der Waals surface area contributed by atoms with E-state index in [1.54, 1.807) is 0 Å². The average molecular weight is 286 g/mol. The number of aromatic nitrogens is 2. The number of aliphatic hydroxyl groups excluding tert-OH is 3. The number of carbonyl (C=O) groups is 2. The summed E-state index contributed by atoms with van der Waals surface area (Å²) in [5.41, 5.74) is 9.51. The van der Waals surface area contributed by atoms with Crippen molar-refractivity contribution in [2.24, 2.45) is 11.5 Å². The molecule has 1 aliphatic rings. The molecule has 0 aliphatic carbocycles. The molecule has 0 unspecified atom stereocenters. The molecular weight excluding hydrogens is 272 g/mol. The quantitative estimate of drug-likeness (QED) is 0.385. The van der Waals surface area contributed by atoms with Gasteiger partial charge in [0.1, 0.15) is 24.0 Å². The third-order valence-corrected chi connectivity index (χ3v) is 3.05. The van der Waals surface area contributed by atoms with Crippen molar-refractivity contribution < 1.29 is 29.6 Å². The maximum atomic E-state index is 11.4. The molecule has 110 valence electrons. The zero-order valence-corrected chi connectivity index (χ0v) is 10.2. The Morgan fingerprint density at radius 1 is 1.30 bits per heavy atom. The monoisotopic (exact) mass is 286 g/mol. The molecule has 1 aromatic rings. The highest BCUT2D eigenvalue weighted by atomic mass is 16.6. The van der Waals surface area contributed by atoms with E-state index >= 15 is 0 Å². The normalized spacial score (nSPS) is 29.6. The maximum Gasteiger partial charge on any atom is 0.269 e. The first-order chi connectivity index (χ1) is 9.38. The largest absolute Gasteiger partial charge is 0.394 e. The van der Waals surface area contributed by atoms with Crippen LogP contribution in [0.5, 0.6) is 0 Å². The predicted molar refractivity (Wildman–Crippen MR) is 62.3 cm³/mol. The Morgan fingerprint density at radius 3 is 2.40 bits per heavy atom. The lowest BCUT2D eigenvalue weighted by atomic mass is 10.1. The highest BCUT2D eigenvalue weighted by Gasteiger charge is 2.44. The minimum absolute atomic E-state index is 0.340. The van der Waals surface area contributed by atoms with Gasteiger partial charge in [-0.2, -0.15) is 0 Å². The molecule has 10 heteroatoms. The van der Waals surface area contributed by atoms with E-state index in [1.165, 1.54) is 0 Å². The molecule has 4 atom stereocenters. The third kappa shape index (κ3) is 2.14. The molecule has 0 saturated carbocycles. The van der Waals surface area contributed by atoms with Crippen LogP contribution in [0.4, 0.5) is 0 Å². The Kier molecular flexibility index (Phi) is 3.72. The number of nitrogens with zero attached hydrogens (tertiary/aromatic N) is 2. The number of aliphatic hydroxyl groups is 3. The number of hydrogen-bond acceptors (Lipinski definition) is 7. The number of primary amides is 2. The van der Waals surface area contributed by atoms with Crippen LogP contribution >= 0.6 is 0 Å². The maximum absolute atomic E-state index is 11.4. The molecule has 0 spiro atoms. The van der Waals surface area contributed by atoms with Crippen molar-refractivity contribution in [3.63, 3.8) is 0 Å². The van der Waals surface area contributed by atoms with Crippen LogP contribution in [0.2, 0.25) is 0 Å². The SMILES string of the molecule is NC(=O)c1ncn([C@@H]2O[C@@H](CO)[C@@H](O)[C@@H]2O)c1C(N)=O. The molecule has 1 fully saturated rings. The summed E-state index contributed by atoms with van der Waals surface area (Å²) in [6, 6.07) is 0. The summed E-state index contributed by atoms with van der Waals surface area (Å²) in [5.74, 6) is -1.96. The molecule has 20 heavy (non-hydrogen) atoms. The van der Waals surface area contributed by atoms with Crippen LogP contribution in [-0.4, -0.2) is 61.6 Å². The van der Waals surface area contributed by atoms with Gasteiger partial charge in [-0.3, -0.25) is 14.2 Å². The van der Waals surface area contributed by atoms with Gasteiger partial charge in [-0.1, -0.05) is 0 Å². The first-order valence-corrected chi connectivity index (χ1v) is 5.67. The Hall–Kier alpha value is -2.01. The highest BCUT2D eigenvalue weighted by Crippen LogP contribution is 2.30. The van der Waals surface area contributed by atoms with Gasteiger partial charge in [0.15, 0.2) is 11.9 Å². The fourth-order valence-electron chi connectivity index (χ4n) is 2.09. The van der Waals surface area contributed by atoms with Crippen LogP contribution in [0, 0.1) is 0 Å². The van der Waals surface area contributed by atoms with Crippen LogP contribution in [-0.2, 0) is 4.74 Å². The number of ether oxygens (including phenoxy) is 1. The van der Waals surface area contributed by atoms with Crippen LogP contribution < -0.4 is 11.5 Å². The molecule has 0 bridgehead atoms. The van der Waals surface area contributed by atoms with E-state index in [-0.39, 0.29) is 11.4 Å². The van der Waals surface area contributed by atoms with Gasteiger partial charge in [-0.25, -0.2) is 4.98 Å². The van der Waals surface area contributed by atoms with Gasteiger partial charge in [-0.05, 0) is 0 Å². The van der Waals surface area contributed by atoms with Gasteiger partial charge in [0.2, 0.25) is 0 Å². The number of nitrogens with two attached hydrogens (primary N) is 2. The molecule has 1 saturated heterocycles. The van der Waals surface area contributed by atoms with E-state index in [4.69, 9.17) is 21.3 Å². The summed E-state index contributed by atoms with van der Waals surface area (Å²) in [7, 11) is 0. The Balaban J connectivity index is 2.44. The molecule has 2 amide bonds. The zero-order valence-electron chi connectivity index (χ0n) is 10.2. The number of rotatable bonds is 4. The van der Waals surface area contributed by atoms with E-state index in [2.05, 4.69) is 4.98 Å². The summed E-state index contributed by atoms with van der Waals surface area (Å²) < 4.78 is 6.22. The minimum Gasteiger partial charge on any atom is -0.394 e. The third-order valence-electron chi connectivity index (χ3n) is 3.05. The lowest BCUT2D eigenvalue weighted by molar-refractivity contribution is -0.0534. The topological polar surface area (TPSA) is 174 Å². The van der Waals surface area contributed by atoms with Crippen LogP contribution in [0.25, 0.3) is 0 Å². The van der Waals surface area contributed by atoms with E-state index in [0.29, 0.717) is 0 Å². The van der Waals surface area contributed by atoms with E-state index in [0.717, 1.165) is 10.9 Å². The van der Waals surface area contributed by atoms with Gasteiger partial charge in [0.05, 0.1) is 12.9 Å². The molecule has 2 rings (SSSR count). The highest BCUT2D eigenvalue weighted by molar-refractivity contribution is 6.03.